The highest BCUT2D eigenvalue weighted by atomic mass is 35.5. The molecule has 1 atom stereocenters. The van der Waals surface area contributed by atoms with Crippen LogP contribution in [0.25, 0.3) is 0 Å². The van der Waals surface area contributed by atoms with E-state index in [1.54, 1.807) is 14.2 Å². The Balaban J connectivity index is 2.51. The second-order valence-corrected chi connectivity index (χ2v) is 4.62. The van der Waals surface area contributed by atoms with Crippen LogP contribution in [-0.4, -0.2) is 20.5 Å². The summed E-state index contributed by atoms with van der Waals surface area (Å²) in [5.74, 6) is -0.843. The Morgan fingerprint density at radius 2 is 2.18 bits per heavy atom. The zero-order chi connectivity index (χ0) is 12.5. The summed E-state index contributed by atoms with van der Waals surface area (Å²) >= 11 is 6.01. The van der Waals surface area contributed by atoms with Crippen LogP contribution < -0.4 is 0 Å². The van der Waals surface area contributed by atoms with Gasteiger partial charge in [-0.1, -0.05) is 17.7 Å². The number of hydrogen-bond donors (Lipinski definition) is 0. The Morgan fingerprint density at radius 1 is 1.47 bits per heavy atom. The summed E-state index contributed by atoms with van der Waals surface area (Å²) < 4.78 is 11.1. The van der Waals surface area contributed by atoms with E-state index in [4.69, 9.17) is 21.1 Å². The first kappa shape index (κ1) is 12.6. The Kier molecular flexibility index (Phi) is 3.52. The van der Waals surface area contributed by atoms with E-state index in [-0.39, 0.29) is 5.92 Å². The number of carbonyl (C=O) groups excluding carboxylic acids is 1. The number of benzene rings is 1. The summed E-state index contributed by atoms with van der Waals surface area (Å²) in [5, 5.41) is 0.647. The molecule has 1 unspecified atom stereocenters. The molecule has 0 saturated carbocycles. The van der Waals surface area contributed by atoms with Crippen molar-refractivity contribution in [1.82, 2.24) is 0 Å². The molecule has 4 heteroatoms. The topological polar surface area (TPSA) is 35.5 Å². The largest absolute Gasteiger partial charge is 0.349 e. The van der Waals surface area contributed by atoms with E-state index in [0.29, 0.717) is 11.4 Å². The van der Waals surface area contributed by atoms with Gasteiger partial charge in [-0.3, -0.25) is 0 Å². The molecule has 1 aliphatic carbocycles. The molecule has 0 bridgehead atoms. The average molecular weight is 255 g/mol. The zero-order valence-corrected chi connectivity index (χ0v) is 10.7. The van der Waals surface area contributed by atoms with Crippen LogP contribution in [0.1, 0.15) is 17.5 Å². The molecule has 17 heavy (non-hydrogen) atoms. The quantitative estimate of drug-likeness (QED) is 0.612. The molecule has 92 valence electrons. The number of rotatable bonds is 4. The maximum Gasteiger partial charge on any atom is 0.198 e. The Hall–Kier alpha value is -0.900. The molecule has 0 aliphatic heterocycles. The number of ether oxygens (including phenoxy) is 2. The van der Waals surface area contributed by atoms with Crippen LogP contribution in [0.2, 0.25) is 5.02 Å². The first-order valence-corrected chi connectivity index (χ1v) is 5.88. The Bertz CT molecular complexity index is 427. The number of methoxy groups -OCH3 is 2. The van der Waals surface area contributed by atoms with Crippen LogP contribution in [0.3, 0.4) is 0 Å². The van der Waals surface area contributed by atoms with E-state index >= 15 is 0 Å². The summed E-state index contributed by atoms with van der Waals surface area (Å²) in [7, 11) is 3.19. The molecule has 3 nitrogen and oxygen atoms in total. The number of halogens is 1. The van der Waals surface area contributed by atoms with Gasteiger partial charge in [0.15, 0.2) is 5.79 Å². The van der Waals surface area contributed by atoms with Gasteiger partial charge in [0.25, 0.3) is 0 Å². The average Bonchev–Trinajstić information content (AvgIpc) is 2.63. The van der Waals surface area contributed by atoms with Gasteiger partial charge in [0.2, 0.25) is 0 Å². The van der Waals surface area contributed by atoms with Gasteiger partial charge in [0, 0.05) is 37.1 Å². The monoisotopic (exact) mass is 254 g/mol. The molecular formula is C13H15ClO3. The Morgan fingerprint density at radius 3 is 2.76 bits per heavy atom. The van der Waals surface area contributed by atoms with Gasteiger partial charge in [-0.2, -0.15) is 0 Å². The van der Waals surface area contributed by atoms with Crippen molar-refractivity contribution in [2.45, 2.75) is 18.6 Å². The highest BCUT2D eigenvalue weighted by molar-refractivity contribution is 6.30. The van der Waals surface area contributed by atoms with E-state index in [1.165, 1.54) is 0 Å². The molecule has 2 rings (SSSR count). The van der Waals surface area contributed by atoms with Crippen LogP contribution in [0.4, 0.5) is 0 Å². The molecule has 0 heterocycles. The van der Waals surface area contributed by atoms with Gasteiger partial charge in [-0.25, -0.2) is 0 Å². The third-order valence-corrected chi connectivity index (χ3v) is 3.67. The fraction of sp³-hybridized carbons (Fsp3) is 0.462. The molecule has 0 fully saturated rings. The van der Waals surface area contributed by atoms with Crippen molar-refractivity contribution in [3.63, 3.8) is 0 Å². The van der Waals surface area contributed by atoms with Crippen LogP contribution in [0, 0.1) is 5.92 Å². The highest BCUT2D eigenvalue weighted by Gasteiger charge is 2.47. The summed E-state index contributed by atoms with van der Waals surface area (Å²) in [6.45, 7) is 0. The zero-order valence-electron chi connectivity index (χ0n) is 9.90. The SMILES string of the molecule is COC1(OC)c2cc(Cl)ccc2CC1CC=O. The predicted octanol–water partition coefficient (Wildman–Crippen LogP) is 2.55. The normalized spacial score (nSPS) is 21.2. The van der Waals surface area contributed by atoms with Crippen molar-refractivity contribution >= 4 is 17.9 Å². The lowest BCUT2D eigenvalue weighted by molar-refractivity contribution is -0.242. The summed E-state index contributed by atoms with van der Waals surface area (Å²) in [5.41, 5.74) is 2.06. The van der Waals surface area contributed by atoms with Crippen molar-refractivity contribution in [1.29, 1.82) is 0 Å². The summed E-state index contributed by atoms with van der Waals surface area (Å²) in [6.07, 6.45) is 2.09. The van der Waals surface area contributed by atoms with Gasteiger partial charge in [0.1, 0.15) is 6.29 Å². The van der Waals surface area contributed by atoms with E-state index in [9.17, 15) is 4.79 Å². The second kappa shape index (κ2) is 4.77. The first-order valence-electron chi connectivity index (χ1n) is 5.50. The van der Waals surface area contributed by atoms with Gasteiger partial charge in [-0.15, -0.1) is 0 Å². The minimum absolute atomic E-state index is 0.00321. The minimum atomic E-state index is -0.846. The molecule has 0 N–H and O–H groups in total. The van der Waals surface area contributed by atoms with E-state index < -0.39 is 5.79 Å². The lowest BCUT2D eigenvalue weighted by atomic mass is 9.96. The molecule has 1 aromatic rings. The maximum atomic E-state index is 10.8. The molecule has 0 spiro atoms. The Labute approximate surface area is 106 Å². The van der Waals surface area contributed by atoms with Crippen LogP contribution in [-0.2, 0) is 26.5 Å². The van der Waals surface area contributed by atoms with Crippen molar-refractivity contribution in [3.8, 4) is 0 Å². The summed E-state index contributed by atoms with van der Waals surface area (Å²) in [4.78, 5) is 10.8. The second-order valence-electron chi connectivity index (χ2n) is 4.18. The van der Waals surface area contributed by atoms with E-state index in [1.807, 2.05) is 18.2 Å². The van der Waals surface area contributed by atoms with Crippen molar-refractivity contribution in [2.24, 2.45) is 5.92 Å². The van der Waals surface area contributed by atoms with Crippen LogP contribution in [0.5, 0.6) is 0 Å². The lowest BCUT2D eigenvalue weighted by Gasteiger charge is -2.32. The van der Waals surface area contributed by atoms with Crippen molar-refractivity contribution in [3.05, 3.63) is 34.3 Å². The molecular weight excluding hydrogens is 240 g/mol. The van der Waals surface area contributed by atoms with E-state index in [2.05, 4.69) is 0 Å². The molecule has 1 aliphatic rings. The predicted molar refractivity (Wildman–Crippen MR) is 65.0 cm³/mol. The molecule has 0 aromatic heterocycles. The van der Waals surface area contributed by atoms with Crippen LogP contribution >= 0.6 is 11.6 Å². The molecule has 0 amide bonds. The van der Waals surface area contributed by atoms with Crippen molar-refractivity contribution in [2.75, 3.05) is 14.2 Å². The molecule has 0 saturated heterocycles. The highest BCUT2D eigenvalue weighted by Crippen LogP contribution is 2.46. The molecule has 0 radical (unpaired) electrons. The fourth-order valence-corrected chi connectivity index (χ4v) is 2.83. The first-order chi connectivity index (χ1) is 8.17. The summed E-state index contributed by atoms with van der Waals surface area (Å²) in [6, 6.07) is 5.67. The number of hydrogen-bond acceptors (Lipinski definition) is 3. The minimum Gasteiger partial charge on any atom is -0.349 e. The third-order valence-electron chi connectivity index (χ3n) is 3.44. The van der Waals surface area contributed by atoms with Gasteiger partial charge >= 0.3 is 0 Å². The lowest BCUT2D eigenvalue weighted by Crippen LogP contribution is -2.36. The van der Waals surface area contributed by atoms with Gasteiger partial charge in [-0.05, 0) is 24.1 Å². The van der Waals surface area contributed by atoms with E-state index in [0.717, 1.165) is 23.8 Å². The number of fused-ring (bicyclic) bond motifs is 1. The molecule has 1 aromatic carbocycles. The third kappa shape index (κ3) is 1.88. The number of carbonyl (C=O) groups is 1. The number of aldehydes is 1. The standard InChI is InChI=1S/C13H15ClO3/c1-16-13(17-2)10(5-6-15)7-9-3-4-11(14)8-12(9)13/h3-4,6,8,10H,5,7H2,1-2H3. The van der Waals surface area contributed by atoms with Gasteiger partial charge < -0.3 is 14.3 Å². The van der Waals surface area contributed by atoms with Crippen molar-refractivity contribution < 1.29 is 14.3 Å². The fourth-order valence-electron chi connectivity index (χ4n) is 2.66. The van der Waals surface area contributed by atoms with Crippen LogP contribution in [0.15, 0.2) is 18.2 Å². The van der Waals surface area contributed by atoms with Gasteiger partial charge in [0.05, 0.1) is 0 Å². The smallest absolute Gasteiger partial charge is 0.198 e. The maximum absolute atomic E-state index is 10.8.